The van der Waals surface area contributed by atoms with Crippen LogP contribution in [0.1, 0.15) is 46.5 Å². The Balaban J connectivity index is 1.66. The van der Waals surface area contributed by atoms with E-state index < -0.39 is 5.60 Å². The number of benzene rings is 1. The Bertz CT molecular complexity index is 645. The molecule has 1 fully saturated rings. The number of rotatable bonds is 7. The van der Waals surface area contributed by atoms with Gasteiger partial charge in [0.05, 0.1) is 6.54 Å². The van der Waals surface area contributed by atoms with E-state index in [-0.39, 0.29) is 30.5 Å². The topological polar surface area (TPSA) is 67.9 Å². The minimum absolute atomic E-state index is 0.0362. The maximum atomic E-state index is 13.0. The second-order valence-electron chi connectivity index (χ2n) is 7.66. The van der Waals surface area contributed by atoms with Crippen LogP contribution in [-0.2, 0) is 9.53 Å². The van der Waals surface area contributed by atoms with Gasteiger partial charge in [-0.2, -0.15) is 0 Å². The molecule has 1 atom stereocenters. The molecule has 1 aromatic rings. The molecule has 0 bridgehead atoms. The number of amides is 2. The third-order valence-electron chi connectivity index (χ3n) is 4.20. The molecule has 7 heteroatoms. The number of hydrogen-bond acceptors (Lipinski definition) is 4. The minimum Gasteiger partial charge on any atom is -0.492 e. The van der Waals surface area contributed by atoms with Crippen LogP contribution < -0.4 is 10.1 Å². The van der Waals surface area contributed by atoms with Gasteiger partial charge in [-0.1, -0.05) is 6.07 Å². The van der Waals surface area contributed by atoms with E-state index in [1.165, 1.54) is 12.1 Å². The smallest absolute Gasteiger partial charge is 0.410 e. The van der Waals surface area contributed by atoms with E-state index in [9.17, 15) is 14.0 Å². The van der Waals surface area contributed by atoms with E-state index in [0.717, 1.165) is 12.8 Å². The quantitative estimate of drug-likeness (QED) is 0.735. The Morgan fingerprint density at radius 1 is 1.33 bits per heavy atom. The molecular formula is C20H29FN2O4. The van der Waals surface area contributed by atoms with Crippen molar-refractivity contribution in [2.24, 2.45) is 0 Å². The second kappa shape index (κ2) is 9.58. The number of likely N-dealkylation sites (tertiary alicyclic amines) is 1. The maximum absolute atomic E-state index is 13.0. The van der Waals surface area contributed by atoms with Gasteiger partial charge >= 0.3 is 6.09 Å². The van der Waals surface area contributed by atoms with Crippen molar-refractivity contribution in [1.82, 2.24) is 10.2 Å². The highest BCUT2D eigenvalue weighted by Crippen LogP contribution is 2.24. The second-order valence-corrected chi connectivity index (χ2v) is 7.66. The Morgan fingerprint density at radius 3 is 2.81 bits per heavy atom. The van der Waals surface area contributed by atoms with Gasteiger partial charge in [0.25, 0.3) is 0 Å². The summed E-state index contributed by atoms with van der Waals surface area (Å²) in [6.45, 7) is 6.81. The average Bonchev–Trinajstić information content (AvgIpc) is 3.04. The Kier molecular flexibility index (Phi) is 7.45. The summed E-state index contributed by atoms with van der Waals surface area (Å²) in [7, 11) is 0. The van der Waals surface area contributed by atoms with Gasteiger partial charge in [-0.15, -0.1) is 0 Å². The van der Waals surface area contributed by atoms with Crippen LogP contribution in [0, 0.1) is 5.82 Å². The van der Waals surface area contributed by atoms with Gasteiger partial charge in [-0.3, -0.25) is 4.79 Å². The lowest BCUT2D eigenvalue weighted by Crippen LogP contribution is -2.40. The van der Waals surface area contributed by atoms with E-state index in [1.54, 1.807) is 17.0 Å². The summed E-state index contributed by atoms with van der Waals surface area (Å²) in [5.74, 6) is -0.0141. The number of ether oxygens (including phenoxy) is 2. The molecule has 1 aliphatic heterocycles. The van der Waals surface area contributed by atoms with Gasteiger partial charge in [-0.05, 0) is 52.2 Å². The number of carbonyl (C=O) groups is 2. The summed E-state index contributed by atoms with van der Waals surface area (Å²) in [6, 6.07) is 5.91. The third kappa shape index (κ3) is 7.45. The molecule has 0 radical (unpaired) electrons. The highest BCUT2D eigenvalue weighted by Gasteiger charge is 2.32. The zero-order valence-electron chi connectivity index (χ0n) is 16.3. The first-order valence-electron chi connectivity index (χ1n) is 9.39. The fourth-order valence-corrected chi connectivity index (χ4v) is 3.00. The summed E-state index contributed by atoms with van der Waals surface area (Å²) >= 11 is 0. The molecule has 0 saturated carbocycles. The summed E-state index contributed by atoms with van der Waals surface area (Å²) in [6.07, 6.45) is 2.44. The van der Waals surface area contributed by atoms with Crippen LogP contribution in [0.5, 0.6) is 5.75 Å². The van der Waals surface area contributed by atoms with Crippen molar-refractivity contribution in [2.75, 3.05) is 19.7 Å². The standard InChI is InChI=1S/C20H29FN2O4/c1-20(2,3)27-19(25)23-12-5-7-16(23)9-10-18(24)22-11-13-26-17-8-4-6-15(21)14-17/h4,6,8,14,16H,5,7,9-13H2,1-3H3,(H,22,24). The molecule has 2 amide bonds. The van der Waals surface area contributed by atoms with E-state index in [2.05, 4.69) is 5.32 Å². The molecule has 1 saturated heterocycles. The molecule has 0 aliphatic carbocycles. The summed E-state index contributed by atoms with van der Waals surface area (Å²) in [5, 5.41) is 2.78. The number of nitrogens with one attached hydrogen (secondary N) is 1. The van der Waals surface area contributed by atoms with Gasteiger partial charge in [0.2, 0.25) is 5.91 Å². The zero-order valence-corrected chi connectivity index (χ0v) is 16.3. The van der Waals surface area contributed by atoms with Crippen molar-refractivity contribution in [3.05, 3.63) is 30.1 Å². The highest BCUT2D eigenvalue weighted by molar-refractivity contribution is 5.76. The first-order valence-corrected chi connectivity index (χ1v) is 9.39. The zero-order chi connectivity index (χ0) is 19.9. The first-order chi connectivity index (χ1) is 12.7. The van der Waals surface area contributed by atoms with Gasteiger partial charge in [0.1, 0.15) is 23.8 Å². The average molecular weight is 380 g/mol. The molecule has 27 heavy (non-hydrogen) atoms. The Labute approximate surface area is 160 Å². The van der Waals surface area contributed by atoms with Gasteiger partial charge in [0, 0.05) is 25.1 Å². The summed E-state index contributed by atoms with van der Waals surface area (Å²) in [5.41, 5.74) is -0.525. The van der Waals surface area contributed by atoms with Crippen LogP contribution in [0.4, 0.5) is 9.18 Å². The van der Waals surface area contributed by atoms with E-state index in [4.69, 9.17) is 9.47 Å². The number of halogens is 1. The maximum Gasteiger partial charge on any atom is 0.410 e. The van der Waals surface area contributed by atoms with Crippen molar-refractivity contribution in [3.63, 3.8) is 0 Å². The lowest BCUT2D eigenvalue weighted by atomic mass is 10.1. The van der Waals surface area contributed by atoms with E-state index >= 15 is 0 Å². The van der Waals surface area contributed by atoms with Crippen molar-refractivity contribution in [3.8, 4) is 5.75 Å². The van der Waals surface area contributed by atoms with Gasteiger partial charge in [-0.25, -0.2) is 9.18 Å². The molecular weight excluding hydrogens is 351 g/mol. The number of nitrogens with zero attached hydrogens (tertiary/aromatic N) is 1. The molecule has 1 N–H and O–H groups in total. The molecule has 1 aromatic carbocycles. The SMILES string of the molecule is CC(C)(C)OC(=O)N1CCCC1CCC(=O)NCCOc1cccc(F)c1. The van der Waals surface area contributed by atoms with Crippen molar-refractivity contribution < 1.29 is 23.5 Å². The molecule has 6 nitrogen and oxygen atoms in total. The number of hydrogen-bond donors (Lipinski definition) is 1. The van der Waals surface area contributed by atoms with Crippen molar-refractivity contribution in [1.29, 1.82) is 0 Å². The van der Waals surface area contributed by atoms with Crippen LogP contribution >= 0.6 is 0 Å². The van der Waals surface area contributed by atoms with Crippen LogP contribution in [0.25, 0.3) is 0 Å². The Morgan fingerprint density at radius 2 is 2.11 bits per heavy atom. The van der Waals surface area contributed by atoms with Gasteiger partial charge in [0.15, 0.2) is 0 Å². The van der Waals surface area contributed by atoms with E-state index in [0.29, 0.717) is 31.7 Å². The lowest BCUT2D eigenvalue weighted by molar-refractivity contribution is -0.121. The fourth-order valence-electron chi connectivity index (χ4n) is 3.00. The molecule has 1 heterocycles. The van der Waals surface area contributed by atoms with Crippen LogP contribution in [-0.4, -0.2) is 48.2 Å². The monoisotopic (exact) mass is 380 g/mol. The molecule has 0 spiro atoms. The van der Waals surface area contributed by atoms with Crippen molar-refractivity contribution in [2.45, 2.75) is 58.1 Å². The minimum atomic E-state index is -0.525. The molecule has 1 unspecified atom stereocenters. The molecule has 150 valence electrons. The highest BCUT2D eigenvalue weighted by atomic mass is 19.1. The van der Waals surface area contributed by atoms with E-state index in [1.807, 2.05) is 20.8 Å². The van der Waals surface area contributed by atoms with Crippen LogP contribution in [0.3, 0.4) is 0 Å². The summed E-state index contributed by atoms with van der Waals surface area (Å²) < 4.78 is 23.9. The first kappa shape index (κ1) is 21.0. The molecule has 2 rings (SSSR count). The largest absolute Gasteiger partial charge is 0.492 e. The third-order valence-corrected chi connectivity index (χ3v) is 4.20. The van der Waals surface area contributed by atoms with Crippen LogP contribution in [0.2, 0.25) is 0 Å². The normalized spacial score (nSPS) is 16.9. The van der Waals surface area contributed by atoms with Gasteiger partial charge < -0.3 is 19.7 Å². The van der Waals surface area contributed by atoms with Crippen molar-refractivity contribution >= 4 is 12.0 Å². The number of carbonyl (C=O) groups excluding carboxylic acids is 2. The molecule has 0 aromatic heterocycles. The van der Waals surface area contributed by atoms with Crippen LogP contribution in [0.15, 0.2) is 24.3 Å². The summed E-state index contributed by atoms with van der Waals surface area (Å²) in [4.78, 5) is 26.0. The lowest BCUT2D eigenvalue weighted by Gasteiger charge is -2.28. The predicted octanol–water partition coefficient (Wildman–Crippen LogP) is 3.50. The fraction of sp³-hybridized carbons (Fsp3) is 0.600. The Hall–Kier alpha value is -2.31. The predicted molar refractivity (Wildman–Crippen MR) is 100 cm³/mol. The molecule has 1 aliphatic rings.